The van der Waals surface area contributed by atoms with Gasteiger partial charge in [0.05, 0.1) is 12.0 Å². The van der Waals surface area contributed by atoms with Gasteiger partial charge in [0.15, 0.2) is 5.75 Å². The minimum Gasteiger partial charge on any atom is -0.490 e. The van der Waals surface area contributed by atoms with Crippen LogP contribution < -0.4 is 10.1 Å². The summed E-state index contributed by atoms with van der Waals surface area (Å²) < 4.78 is 17.8. The summed E-state index contributed by atoms with van der Waals surface area (Å²) in [4.78, 5) is 25.7. The van der Waals surface area contributed by atoms with E-state index in [0.29, 0.717) is 0 Å². The van der Waals surface area contributed by atoms with Crippen LogP contribution >= 0.6 is 0 Å². The third-order valence-electron chi connectivity index (χ3n) is 2.59. The molecule has 0 radical (unpaired) electrons. The smallest absolute Gasteiger partial charge is 0.311 e. The third-order valence-corrected chi connectivity index (χ3v) is 2.59. The molecule has 108 valence electrons. The Hall–Kier alpha value is -3.03. The number of nitro groups is 1. The van der Waals surface area contributed by atoms with Gasteiger partial charge in [0.1, 0.15) is 5.82 Å². The molecule has 0 unspecified atom stereocenters. The number of nitrogens with one attached hydrogen (secondary N) is 1. The molecule has 1 N–H and O–H groups in total. The van der Waals surface area contributed by atoms with Crippen LogP contribution in [0.5, 0.6) is 5.75 Å². The number of methoxy groups -OCH3 is 1. The second kappa shape index (κ2) is 5.95. The topological polar surface area (TPSA) is 94.4 Å². The van der Waals surface area contributed by atoms with Crippen molar-refractivity contribution in [1.29, 1.82) is 0 Å². The average Bonchev–Trinajstić information content (AvgIpc) is 2.46. The van der Waals surface area contributed by atoms with Crippen LogP contribution in [0.4, 0.5) is 15.9 Å². The molecule has 1 heterocycles. The lowest BCUT2D eigenvalue weighted by Gasteiger charge is -2.06. The minimum absolute atomic E-state index is 0.0125. The van der Waals surface area contributed by atoms with Gasteiger partial charge in [-0.05, 0) is 24.3 Å². The number of halogens is 1. The van der Waals surface area contributed by atoms with Gasteiger partial charge in [0.25, 0.3) is 5.91 Å². The van der Waals surface area contributed by atoms with Crippen LogP contribution in [-0.4, -0.2) is 22.9 Å². The molecule has 0 aliphatic heterocycles. The first kappa shape index (κ1) is 14.4. The molecule has 0 aliphatic rings. The second-order valence-electron chi connectivity index (χ2n) is 3.94. The van der Waals surface area contributed by atoms with Gasteiger partial charge in [-0.1, -0.05) is 6.07 Å². The second-order valence-corrected chi connectivity index (χ2v) is 3.94. The summed E-state index contributed by atoms with van der Waals surface area (Å²) in [5, 5.41) is 13.2. The van der Waals surface area contributed by atoms with Crippen molar-refractivity contribution >= 4 is 17.4 Å². The van der Waals surface area contributed by atoms with Crippen molar-refractivity contribution in [3.63, 3.8) is 0 Å². The summed E-state index contributed by atoms with van der Waals surface area (Å²) in [6.07, 6.45) is 0. The molecular weight excluding hydrogens is 281 g/mol. The standard InChI is InChI=1S/C13H10FN3O4/c1-21-10-6-5-8(7-9(10)17(19)20)13(18)16-12-4-2-3-11(14)15-12/h2-7H,1H3,(H,15,16,18). The van der Waals surface area contributed by atoms with E-state index < -0.39 is 16.8 Å². The summed E-state index contributed by atoms with van der Waals surface area (Å²) in [5.41, 5.74) is -0.300. The number of carbonyl (C=O) groups is 1. The van der Waals surface area contributed by atoms with Crippen molar-refractivity contribution in [3.05, 3.63) is 58.0 Å². The highest BCUT2D eigenvalue weighted by atomic mass is 19.1. The van der Waals surface area contributed by atoms with Crippen LogP contribution in [0.15, 0.2) is 36.4 Å². The molecule has 2 aromatic rings. The van der Waals surface area contributed by atoms with Gasteiger partial charge >= 0.3 is 5.69 Å². The fraction of sp³-hybridized carbons (Fsp3) is 0.0769. The van der Waals surface area contributed by atoms with E-state index in [0.717, 1.165) is 12.1 Å². The lowest BCUT2D eigenvalue weighted by atomic mass is 10.1. The summed E-state index contributed by atoms with van der Waals surface area (Å²) in [7, 11) is 1.29. The quantitative estimate of drug-likeness (QED) is 0.530. The third kappa shape index (κ3) is 3.30. The number of benzene rings is 1. The lowest BCUT2D eigenvalue weighted by Crippen LogP contribution is -2.13. The van der Waals surface area contributed by atoms with E-state index in [9.17, 15) is 19.3 Å². The first-order chi connectivity index (χ1) is 10.0. The largest absolute Gasteiger partial charge is 0.490 e. The van der Waals surface area contributed by atoms with Crippen molar-refractivity contribution in [2.24, 2.45) is 0 Å². The first-order valence-electron chi connectivity index (χ1n) is 5.77. The number of hydrogen-bond donors (Lipinski definition) is 1. The van der Waals surface area contributed by atoms with E-state index in [1.165, 1.54) is 31.4 Å². The Bertz CT molecular complexity index is 706. The van der Waals surface area contributed by atoms with Gasteiger partial charge in [-0.2, -0.15) is 4.39 Å². The molecule has 0 atom stereocenters. The van der Waals surface area contributed by atoms with E-state index in [-0.39, 0.29) is 22.8 Å². The van der Waals surface area contributed by atoms with Crippen molar-refractivity contribution in [2.75, 3.05) is 12.4 Å². The molecule has 0 saturated heterocycles. The number of nitro benzene ring substituents is 1. The molecule has 21 heavy (non-hydrogen) atoms. The predicted octanol–water partition coefficient (Wildman–Crippen LogP) is 2.39. The Balaban J connectivity index is 2.27. The van der Waals surface area contributed by atoms with Crippen molar-refractivity contribution in [2.45, 2.75) is 0 Å². The number of nitrogens with zero attached hydrogens (tertiary/aromatic N) is 2. The minimum atomic E-state index is -0.742. The molecule has 0 bridgehead atoms. The SMILES string of the molecule is COc1ccc(C(=O)Nc2cccc(F)n2)cc1[N+](=O)[O-]. The molecular formula is C13H10FN3O4. The molecule has 0 saturated carbocycles. The lowest BCUT2D eigenvalue weighted by molar-refractivity contribution is -0.385. The molecule has 2 rings (SSSR count). The Kier molecular flexibility index (Phi) is 4.07. The highest BCUT2D eigenvalue weighted by Crippen LogP contribution is 2.27. The molecule has 1 aromatic heterocycles. The first-order valence-corrected chi connectivity index (χ1v) is 5.77. The van der Waals surface area contributed by atoms with Gasteiger partial charge in [-0.3, -0.25) is 14.9 Å². The van der Waals surface area contributed by atoms with Gasteiger partial charge in [0.2, 0.25) is 5.95 Å². The van der Waals surface area contributed by atoms with Crippen LogP contribution in [0, 0.1) is 16.1 Å². The zero-order valence-corrected chi connectivity index (χ0v) is 10.9. The van der Waals surface area contributed by atoms with E-state index in [4.69, 9.17) is 4.74 Å². The molecule has 7 nitrogen and oxygen atoms in total. The Morgan fingerprint density at radius 1 is 1.38 bits per heavy atom. The van der Waals surface area contributed by atoms with Gasteiger partial charge in [0, 0.05) is 11.6 Å². The van der Waals surface area contributed by atoms with E-state index >= 15 is 0 Å². The van der Waals surface area contributed by atoms with Crippen LogP contribution in [0.25, 0.3) is 0 Å². The molecule has 8 heteroatoms. The van der Waals surface area contributed by atoms with Crippen LogP contribution in [-0.2, 0) is 0 Å². The number of rotatable bonds is 4. The Morgan fingerprint density at radius 2 is 2.14 bits per heavy atom. The summed E-state index contributed by atoms with van der Waals surface area (Å²) in [6.45, 7) is 0. The fourth-order valence-electron chi connectivity index (χ4n) is 1.64. The number of aromatic nitrogens is 1. The predicted molar refractivity (Wildman–Crippen MR) is 71.8 cm³/mol. The maximum atomic E-state index is 12.9. The zero-order valence-electron chi connectivity index (χ0n) is 10.9. The number of amides is 1. The molecule has 0 aliphatic carbocycles. The van der Waals surface area contributed by atoms with Crippen LogP contribution in [0.2, 0.25) is 0 Å². The normalized spacial score (nSPS) is 10.0. The fourth-order valence-corrected chi connectivity index (χ4v) is 1.64. The molecule has 1 aromatic carbocycles. The number of hydrogen-bond acceptors (Lipinski definition) is 5. The molecule has 0 spiro atoms. The van der Waals surface area contributed by atoms with Crippen LogP contribution in [0.3, 0.4) is 0 Å². The van der Waals surface area contributed by atoms with E-state index in [1.807, 2.05) is 0 Å². The summed E-state index contributed by atoms with van der Waals surface area (Å²) >= 11 is 0. The van der Waals surface area contributed by atoms with E-state index in [1.54, 1.807) is 0 Å². The maximum Gasteiger partial charge on any atom is 0.311 e. The average molecular weight is 291 g/mol. The molecule has 0 fully saturated rings. The highest BCUT2D eigenvalue weighted by molar-refractivity contribution is 6.04. The van der Waals surface area contributed by atoms with Crippen LogP contribution in [0.1, 0.15) is 10.4 Å². The monoisotopic (exact) mass is 291 g/mol. The van der Waals surface area contributed by atoms with Crippen molar-refractivity contribution < 1.29 is 18.8 Å². The number of anilines is 1. The van der Waals surface area contributed by atoms with Gasteiger partial charge < -0.3 is 10.1 Å². The van der Waals surface area contributed by atoms with Gasteiger partial charge in [-0.25, -0.2) is 4.98 Å². The number of pyridine rings is 1. The summed E-state index contributed by atoms with van der Waals surface area (Å²) in [6, 6.07) is 7.67. The number of carbonyl (C=O) groups excluding carboxylic acids is 1. The summed E-state index contributed by atoms with van der Waals surface area (Å²) in [5.74, 6) is -1.33. The Morgan fingerprint density at radius 3 is 2.76 bits per heavy atom. The maximum absolute atomic E-state index is 12.9. The van der Waals surface area contributed by atoms with E-state index in [2.05, 4.69) is 10.3 Å². The number of ether oxygens (including phenoxy) is 1. The van der Waals surface area contributed by atoms with Crippen molar-refractivity contribution in [3.8, 4) is 5.75 Å². The molecule has 1 amide bonds. The van der Waals surface area contributed by atoms with Crippen molar-refractivity contribution in [1.82, 2.24) is 4.98 Å². The zero-order chi connectivity index (χ0) is 15.4. The Labute approximate surface area is 118 Å². The van der Waals surface area contributed by atoms with Gasteiger partial charge in [-0.15, -0.1) is 0 Å². The highest BCUT2D eigenvalue weighted by Gasteiger charge is 2.18.